The Balaban J connectivity index is 1.87. The molecule has 2 aromatic carbocycles. The molecule has 0 aliphatic carbocycles. The van der Waals surface area contributed by atoms with Gasteiger partial charge >= 0.3 is 0 Å². The van der Waals surface area contributed by atoms with Crippen molar-refractivity contribution in [2.45, 2.75) is 13.0 Å². The number of rotatable bonds is 8. The number of carbonyl (C=O) groups is 1. The molecule has 0 aliphatic rings. The minimum Gasteiger partial charge on any atom is -0.488 e. The van der Waals surface area contributed by atoms with Crippen LogP contribution in [0.3, 0.4) is 0 Å². The average molecular weight is 409 g/mol. The van der Waals surface area contributed by atoms with E-state index in [1.165, 1.54) is 12.1 Å². The first kappa shape index (κ1) is 21.3. The number of halogens is 1. The molecule has 6 nitrogen and oxygen atoms in total. The fourth-order valence-electron chi connectivity index (χ4n) is 2.86. The standard InChI is InChI=1S/C23H24FN3O3/c1-16(15-29-3)30-21-13-18(5-4-17-6-8-20(24)9-7-17)12-19(14-21)23(28)25-22-10-11-27(2)26-22/h4-14,16H,15H2,1-3H3,(H,25,26,28)/b5-4+/t16-/m0/s1. The van der Waals surface area contributed by atoms with Gasteiger partial charge in [0, 0.05) is 32.0 Å². The number of carbonyl (C=O) groups excluding carboxylic acids is 1. The van der Waals surface area contributed by atoms with Crippen molar-refractivity contribution in [3.63, 3.8) is 0 Å². The number of ether oxygens (including phenoxy) is 2. The predicted octanol–water partition coefficient (Wildman–Crippen LogP) is 4.40. The van der Waals surface area contributed by atoms with Crippen LogP contribution in [-0.4, -0.2) is 35.5 Å². The second-order valence-electron chi connectivity index (χ2n) is 6.89. The van der Waals surface area contributed by atoms with Gasteiger partial charge < -0.3 is 14.8 Å². The van der Waals surface area contributed by atoms with Gasteiger partial charge in [0.15, 0.2) is 5.82 Å². The second-order valence-corrected chi connectivity index (χ2v) is 6.89. The van der Waals surface area contributed by atoms with E-state index in [1.54, 1.807) is 55.4 Å². The van der Waals surface area contributed by atoms with E-state index in [-0.39, 0.29) is 17.8 Å². The normalized spacial score (nSPS) is 12.1. The number of amides is 1. The van der Waals surface area contributed by atoms with E-state index in [4.69, 9.17) is 9.47 Å². The lowest BCUT2D eigenvalue weighted by molar-refractivity contribution is 0.0917. The summed E-state index contributed by atoms with van der Waals surface area (Å²) in [6.45, 7) is 2.31. The zero-order valence-corrected chi connectivity index (χ0v) is 17.1. The monoisotopic (exact) mass is 409 g/mol. The molecule has 0 fully saturated rings. The molecule has 1 amide bonds. The van der Waals surface area contributed by atoms with Crippen LogP contribution in [-0.2, 0) is 11.8 Å². The first-order valence-corrected chi connectivity index (χ1v) is 9.48. The average Bonchev–Trinajstić information content (AvgIpc) is 3.12. The summed E-state index contributed by atoms with van der Waals surface area (Å²) < 4.78 is 25.7. The van der Waals surface area contributed by atoms with Crippen molar-refractivity contribution in [2.75, 3.05) is 19.0 Å². The van der Waals surface area contributed by atoms with Gasteiger partial charge in [0.2, 0.25) is 0 Å². The summed E-state index contributed by atoms with van der Waals surface area (Å²) in [7, 11) is 3.38. The number of nitrogens with zero attached hydrogens (tertiary/aromatic N) is 2. The third-order valence-corrected chi connectivity index (χ3v) is 4.22. The zero-order chi connectivity index (χ0) is 21.5. The molecule has 3 aromatic rings. The highest BCUT2D eigenvalue weighted by Crippen LogP contribution is 2.22. The quantitative estimate of drug-likeness (QED) is 0.560. The summed E-state index contributed by atoms with van der Waals surface area (Å²) >= 11 is 0. The lowest BCUT2D eigenvalue weighted by Crippen LogP contribution is -2.19. The topological polar surface area (TPSA) is 65.4 Å². The fourth-order valence-corrected chi connectivity index (χ4v) is 2.86. The molecular formula is C23H24FN3O3. The Morgan fingerprint density at radius 2 is 1.90 bits per heavy atom. The van der Waals surface area contributed by atoms with Gasteiger partial charge in [0.05, 0.1) is 6.61 Å². The van der Waals surface area contributed by atoms with E-state index in [1.807, 2.05) is 25.1 Å². The predicted molar refractivity (Wildman–Crippen MR) is 115 cm³/mol. The fraction of sp³-hybridized carbons (Fsp3) is 0.217. The summed E-state index contributed by atoms with van der Waals surface area (Å²) in [5.74, 6) is 0.426. The summed E-state index contributed by atoms with van der Waals surface area (Å²) in [6.07, 6.45) is 5.26. The van der Waals surface area contributed by atoms with Crippen molar-refractivity contribution in [3.05, 3.63) is 77.2 Å². The highest BCUT2D eigenvalue weighted by molar-refractivity contribution is 6.04. The summed E-state index contributed by atoms with van der Waals surface area (Å²) in [5.41, 5.74) is 2.05. The first-order chi connectivity index (χ1) is 14.4. The molecular weight excluding hydrogens is 385 g/mol. The van der Waals surface area contributed by atoms with Crippen LogP contribution < -0.4 is 10.1 Å². The van der Waals surface area contributed by atoms with Crippen molar-refractivity contribution in [2.24, 2.45) is 7.05 Å². The highest BCUT2D eigenvalue weighted by Gasteiger charge is 2.12. The molecule has 156 valence electrons. The first-order valence-electron chi connectivity index (χ1n) is 9.48. The molecule has 1 aromatic heterocycles. The molecule has 0 aliphatic heterocycles. The van der Waals surface area contributed by atoms with Gasteiger partial charge in [0.25, 0.3) is 5.91 Å². The molecule has 0 radical (unpaired) electrons. The number of aryl methyl sites for hydroxylation is 1. The van der Waals surface area contributed by atoms with Gasteiger partial charge in [0.1, 0.15) is 17.7 Å². The van der Waals surface area contributed by atoms with Crippen LogP contribution >= 0.6 is 0 Å². The molecule has 1 N–H and O–H groups in total. The molecule has 1 heterocycles. The minimum atomic E-state index is -0.296. The largest absolute Gasteiger partial charge is 0.488 e. The Bertz CT molecular complexity index is 1030. The van der Waals surface area contributed by atoms with Crippen LogP contribution in [0.25, 0.3) is 12.2 Å². The molecule has 1 atom stereocenters. The van der Waals surface area contributed by atoms with Gasteiger partial charge in [-0.15, -0.1) is 0 Å². The number of hydrogen-bond donors (Lipinski definition) is 1. The second kappa shape index (κ2) is 9.84. The number of nitrogens with one attached hydrogen (secondary N) is 1. The van der Waals surface area contributed by atoms with Crippen molar-refractivity contribution < 1.29 is 18.7 Å². The van der Waals surface area contributed by atoms with E-state index >= 15 is 0 Å². The number of benzene rings is 2. The van der Waals surface area contributed by atoms with E-state index in [2.05, 4.69) is 10.4 Å². The van der Waals surface area contributed by atoms with Crippen molar-refractivity contribution in [1.82, 2.24) is 9.78 Å². The van der Waals surface area contributed by atoms with Crippen molar-refractivity contribution in [1.29, 1.82) is 0 Å². The molecule has 0 saturated heterocycles. The zero-order valence-electron chi connectivity index (χ0n) is 17.1. The Morgan fingerprint density at radius 3 is 2.57 bits per heavy atom. The van der Waals surface area contributed by atoms with E-state index < -0.39 is 0 Å². The van der Waals surface area contributed by atoms with Crippen LogP contribution in [0.4, 0.5) is 10.2 Å². The lowest BCUT2D eigenvalue weighted by Gasteiger charge is -2.15. The Kier molecular flexibility index (Phi) is 6.98. The number of hydrogen-bond acceptors (Lipinski definition) is 4. The maximum absolute atomic E-state index is 13.1. The highest BCUT2D eigenvalue weighted by atomic mass is 19.1. The van der Waals surface area contributed by atoms with Crippen molar-refractivity contribution >= 4 is 23.9 Å². The Labute approximate surface area is 174 Å². The summed E-state index contributed by atoms with van der Waals surface area (Å²) in [4.78, 5) is 12.7. The Morgan fingerprint density at radius 1 is 1.17 bits per heavy atom. The third kappa shape index (κ3) is 6.02. The van der Waals surface area contributed by atoms with E-state index in [0.29, 0.717) is 23.7 Å². The van der Waals surface area contributed by atoms with Crippen molar-refractivity contribution in [3.8, 4) is 5.75 Å². The Hall–Kier alpha value is -3.45. The van der Waals surface area contributed by atoms with E-state index in [9.17, 15) is 9.18 Å². The SMILES string of the molecule is COC[C@H](C)Oc1cc(/C=C/c2ccc(F)cc2)cc(C(=O)Nc2ccn(C)n2)c1. The number of anilines is 1. The summed E-state index contributed by atoms with van der Waals surface area (Å²) in [6, 6.07) is 13.2. The lowest BCUT2D eigenvalue weighted by atomic mass is 10.1. The molecule has 0 bridgehead atoms. The minimum absolute atomic E-state index is 0.182. The summed E-state index contributed by atoms with van der Waals surface area (Å²) in [5, 5.41) is 6.94. The number of aromatic nitrogens is 2. The van der Waals surface area contributed by atoms with Gasteiger partial charge in [-0.2, -0.15) is 5.10 Å². The van der Waals surface area contributed by atoms with Gasteiger partial charge in [-0.3, -0.25) is 9.48 Å². The number of methoxy groups -OCH3 is 1. The third-order valence-electron chi connectivity index (χ3n) is 4.22. The van der Waals surface area contributed by atoms with Crippen LogP contribution in [0.15, 0.2) is 54.7 Å². The molecule has 3 rings (SSSR count). The molecule has 0 unspecified atom stereocenters. The van der Waals surface area contributed by atoms with Gasteiger partial charge in [-0.25, -0.2) is 4.39 Å². The van der Waals surface area contributed by atoms with E-state index in [0.717, 1.165) is 11.1 Å². The van der Waals surface area contributed by atoms with Crippen LogP contribution in [0.5, 0.6) is 5.75 Å². The maximum atomic E-state index is 13.1. The van der Waals surface area contributed by atoms with Gasteiger partial charge in [-0.05, 0) is 48.4 Å². The smallest absolute Gasteiger partial charge is 0.257 e. The molecule has 30 heavy (non-hydrogen) atoms. The van der Waals surface area contributed by atoms with Crippen LogP contribution in [0.1, 0.15) is 28.4 Å². The molecule has 7 heteroatoms. The maximum Gasteiger partial charge on any atom is 0.257 e. The molecule has 0 saturated carbocycles. The van der Waals surface area contributed by atoms with Gasteiger partial charge in [-0.1, -0.05) is 24.3 Å². The van der Waals surface area contributed by atoms with Crippen LogP contribution in [0, 0.1) is 5.82 Å². The van der Waals surface area contributed by atoms with Crippen LogP contribution in [0.2, 0.25) is 0 Å². The molecule has 0 spiro atoms.